The summed E-state index contributed by atoms with van der Waals surface area (Å²) in [4.78, 5) is 17.8. The minimum Gasteiger partial charge on any atom is -0.315 e. The summed E-state index contributed by atoms with van der Waals surface area (Å²) in [5.41, 5.74) is 3.98. The number of benzene rings is 1. The summed E-state index contributed by atoms with van der Waals surface area (Å²) in [5, 5.41) is 0.536. The van der Waals surface area contributed by atoms with E-state index in [-0.39, 0.29) is 24.6 Å². The largest absolute Gasteiger partial charge is 0.315 e. The summed E-state index contributed by atoms with van der Waals surface area (Å²) in [6.07, 6.45) is 3.61. The molecule has 0 saturated heterocycles. The molecule has 1 aliphatic heterocycles. The smallest absolute Gasteiger partial charge is 0.231 e. The molecule has 0 radical (unpaired) electrons. The summed E-state index contributed by atoms with van der Waals surface area (Å²) in [5.74, 6) is 0.0618. The molecule has 0 aliphatic carbocycles. The van der Waals surface area contributed by atoms with E-state index in [0.29, 0.717) is 5.02 Å². The maximum absolute atomic E-state index is 11.9. The molecule has 1 amide bonds. The summed E-state index contributed by atoms with van der Waals surface area (Å²) < 4.78 is 25.2. The van der Waals surface area contributed by atoms with Crippen LogP contribution in [0.5, 0.6) is 0 Å². The highest BCUT2D eigenvalue weighted by Gasteiger charge is 2.27. The first-order valence-corrected chi connectivity index (χ1v) is 10.2. The van der Waals surface area contributed by atoms with E-state index in [4.69, 9.17) is 11.6 Å². The van der Waals surface area contributed by atoms with Gasteiger partial charge in [-0.05, 0) is 24.6 Å². The van der Waals surface area contributed by atoms with Gasteiger partial charge in [0.15, 0.2) is 0 Å². The van der Waals surface area contributed by atoms with Crippen LogP contribution in [0.25, 0.3) is 11.1 Å². The van der Waals surface area contributed by atoms with Crippen LogP contribution >= 0.6 is 11.6 Å². The molecular weight excluding hydrogens is 374 g/mol. The molecular formula is C18H20ClN3O3S. The number of halogens is 1. The van der Waals surface area contributed by atoms with Crippen molar-refractivity contribution in [1.29, 1.82) is 0 Å². The Hall–Kier alpha value is -1.96. The van der Waals surface area contributed by atoms with Crippen molar-refractivity contribution in [2.45, 2.75) is 19.9 Å². The van der Waals surface area contributed by atoms with E-state index in [1.54, 1.807) is 38.3 Å². The van der Waals surface area contributed by atoms with Crippen molar-refractivity contribution in [3.8, 4) is 11.1 Å². The van der Waals surface area contributed by atoms with E-state index in [2.05, 4.69) is 4.98 Å². The minimum absolute atomic E-state index is 0.0114. The molecule has 26 heavy (non-hydrogen) atoms. The second-order valence-electron chi connectivity index (χ2n) is 6.29. The maximum atomic E-state index is 11.9. The Morgan fingerprint density at radius 2 is 2.04 bits per heavy atom. The fraction of sp³-hybridized carbons (Fsp3) is 0.333. The topological polar surface area (TPSA) is 70.6 Å². The zero-order chi connectivity index (χ0) is 19.1. The number of amides is 1. The van der Waals surface area contributed by atoms with Crippen molar-refractivity contribution in [1.82, 2.24) is 9.29 Å². The second-order valence-corrected chi connectivity index (χ2v) is 9.04. The molecule has 0 atom stereocenters. The number of anilines is 1. The summed E-state index contributed by atoms with van der Waals surface area (Å²) in [7, 11) is 0.0176. The molecule has 1 aliphatic rings. The highest BCUT2D eigenvalue weighted by molar-refractivity contribution is 7.89. The second kappa shape index (κ2) is 6.98. The van der Waals surface area contributed by atoms with Gasteiger partial charge in [-0.25, -0.2) is 12.7 Å². The average Bonchev–Trinajstić information content (AvgIpc) is 2.91. The molecule has 0 unspecified atom stereocenters. The van der Waals surface area contributed by atoms with E-state index < -0.39 is 10.0 Å². The highest BCUT2D eigenvalue weighted by Crippen LogP contribution is 2.39. The van der Waals surface area contributed by atoms with Gasteiger partial charge in [0, 0.05) is 55.4 Å². The van der Waals surface area contributed by atoms with Crippen LogP contribution in [0.3, 0.4) is 0 Å². The van der Waals surface area contributed by atoms with Crippen LogP contribution in [0.2, 0.25) is 5.02 Å². The van der Waals surface area contributed by atoms with Crippen molar-refractivity contribution < 1.29 is 13.2 Å². The molecule has 1 aromatic carbocycles. The van der Waals surface area contributed by atoms with Gasteiger partial charge in [-0.3, -0.25) is 9.78 Å². The average molecular weight is 394 g/mol. The normalized spacial score (nSPS) is 14.2. The number of rotatable bonds is 5. The number of sulfonamides is 1. The van der Waals surface area contributed by atoms with Crippen LogP contribution in [0.1, 0.15) is 18.1 Å². The quantitative estimate of drug-likeness (QED) is 0.783. The number of aromatic nitrogens is 1. The third kappa shape index (κ3) is 3.34. The Bertz CT molecular complexity index is 976. The van der Waals surface area contributed by atoms with Crippen LogP contribution < -0.4 is 4.90 Å². The van der Waals surface area contributed by atoms with E-state index in [0.717, 1.165) is 27.9 Å². The standard InChI is InChI=1S/C18H20ClN3O3S/c1-4-26(24,25)21(2)11-12-7-13(10-20-9-12)14-5-6-16-15(18(14)19)8-17(23)22(16)3/h5-7,9-10H,4,8,11H2,1-3H3. The Morgan fingerprint density at radius 3 is 2.73 bits per heavy atom. The number of nitrogens with zero attached hydrogens (tertiary/aromatic N) is 3. The first-order valence-electron chi connectivity index (χ1n) is 8.21. The maximum Gasteiger partial charge on any atom is 0.231 e. The van der Waals surface area contributed by atoms with Crippen molar-refractivity contribution >= 4 is 33.2 Å². The lowest BCUT2D eigenvalue weighted by Gasteiger charge is -2.17. The minimum atomic E-state index is -3.27. The number of hydrogen-bond acceptors (Lipinski definition) is 4. The molecule has 0 saturated carbocycles. The van der Waals surface area contributed by atoms with Crippen molar-refractivity contribution in [3.63, 3.8) is 0 Å². The molecule has 6 nitrogen and oxygen atoms in total. The Morgan fingerprint density at radius 1 is 1.31 bits per heavy atom. The fourth-order valence-electron chi connectivity index (χ4n) is 3.02. The van der Waals surface area contributed by atoms with Gasteiger partial charge in [-0.15, -0.1) is 0 Å². The van der Waals surface area contributed by atoms with Crippen molar-refractivity contribution in [2.75, 3.05) is 24.7 Å². The summed E-state index contributed by atoms with van der Waals surface area (Å²) in [6, 6.07) is 5.62. The lowest BCUT2D eigenvalue weighted by Crippen LogP contribution is -2.27. The molecule has 8 heteroatoms. The number of likely N-dealkylation sites (N-methyl/N-ethyl adjacent to an activating group) is 1. The SMILES string of the molecule is CCS(=O)(=O)N(C)Cc1cncc(-c2ccc3c(c2Cl)CC(=O)N3C)c1. The molecule has 0 bridgehead atoms. The van der Waals surface area contributed by atoms with Gasteiger partial charge < -0.3 is 4.90 Å². The van der Waals surface area contributed by atoms with Gasteiger partial charge in [-0.1, -0.05) is 17.7 Å². The van der Waals surface area contributed by atoms with Crippen LogP contribution in [-0.2, 0) is 27.8 Å². The molecule has 1 aromatic heterocycles. The van der Waals surface area contributed by atoms with Crippen LogP contribution in [0.15, 0.2) is 30.6 Å². The van der Waals surface area contributed by atoms with E-state index in [9.17, 15) is 13.2 Å². The first-order chi connectivity index (χ1) is 12.2. The lowest BCUT2D eigenvalue weighted by atomic mass is 10.0. The number of hydrogen-bond donors (Lipinski definition) is 0. The van der Waals surface area contributed by atoms with Gasteiger partial charge in [0.25, 0.3) is 0 Å². The third-order valence-electron chi connectivity index (χ3n) is 4.63. The fourth-order valence-corrected chi connectivity index (χ4v) is 4.14. The third-order valence-corrected chi connectivity index (χ3v) is 6.87. The van der Waals surface area contributed by atoms with E-state index in [1.165, 1.54) is 4.31 Å². The number of carbonyl (C=O) groups is 1. The van der Waals surface area contributed by atoms with Crippen LogP contribution in [0, 0.1) is 0 Å². The van der Waals surface area contributed by atoms with Crippen molar-refractivity contribution in [3.05, 3.63) is 46.7 Å². The summed E-state index contributed by atoms with van der Waals surface area (Å²) >= 11 is 6.56. The van der Waals surface area contributed by atoms with Gasteiger partial charge in [0.05, 0.1) is 17.2 Å². The zero-order valence-corrected chi connectivity index (χ0v) is 16.4. The number of fused-ring (bicyclic) bond motifs is 1. The Balaban J connectivity index is 1.95. The molecule has 0 fully saturated rings. The Labute approximate surface area is 158 Å². The predicted octanol–water partition coefficient (Wildman–Crippen LogP) is 2.70. The molecule has 0 N–H and O–H groups in total. The number of pyridine rings is 1. The first kappa shape index (κ1) is 18.8. The lowest BCUT2D eigenvalue weighted by molar-refractivity contribution is -0.117. The summed E-state index contributed by atoms with van der Waals surface area (Å²) in [6.45, 7) is 1.85. The van der Waals surface area contributed by atoms with Crippen molar-refractivity contribution in [2.24, 2.45) is 0 Å². The molecule has 3 rings (SSSR count). The monoisotopic (exact) mass is 393 g/mol. The van der Waals surface area contributed by atoms with Crippen LogP contribution in [-0.4, -0.2) is 43.5 Å². The van der Waals surface area contributed by atoms with Gasteiger partial charge >= 0.3 is 0 Å². The molecule has 2 aromatic rings. The Kier molecular flexibility index (Phi) is 5.05. The zero-order valence-electron chi connectivity index (χ0n) is 14.9. The molecule has 0 spiro atoms. The van der Waals surface area contributed by atoms with Gasteiger partial charge in [0.1, 0.15) is 0 Å². The molecule has 2 heterocycles. The predicted molar refractivity (Wildman–Crippen MR) is 103 cm³/mol. The highest BCUT2D eigenvalue weighted by atomic mass is 35.5. The number of carbonyl (C=O) groups excluding carboxylic acids is 1. The van der Waals surface area contributed by atoms with E-state index in [1.807, 2.05) is 18.2 Å². The van der Waals surface area contributed by atoms with E-state index >= 15 is 0 Å². The van der Waals surface area contributed by atoms with Gasteiger partial charge in [-0.2, -0.15) is 0 Å². The van der Waals surface area contributed by atoms with Crippen LogP contribution in [0.4, 0.5) is 5.69 Å². The van der Waals surface area contributed by atoms with Gasteiger partial charge in [0.2, 0.25) is 15.9 Å². The molecule has 138 valence electrons.